The molecule has 1 saturated heterocycles. The molecule has 1 aromatic carbocycles. The summed E-state index contributed by atoms with van der Waals surface area (Å²) in [6.45, 7) is 7.04. The number of rotatable bonds is 1. The van der Waals surface area contributed by atoms with Gasteiger partial charge in [-0.2, -0.15) is 0 Å². The molecule has 1 atom stereocenters. The lowest BCUT2D eigenvalue weighted by atomic mass is 10.1. The van der Waals surface area contributed by atoms with Crippen molar-refractivity contribution in [3.05, 3.63) is 29.3 Å². The van der Waals surface area contributed by atoms with Crippen molar-refractivity contribution in [3.8, 4) is 0 Å². The fourth-order valence-corrected chi connectivity index (χ4v) is 2.53. The Morgan fingerprint density at radius 2 is 2.19 bits per heavy atom. The third-order valence-corrected chi connectivity index (χ3v) is 3.43. The van der Waals surface area contributed by atoms with Crippen LogP contribution in [0.1, 0.15) is 18.1 Å². The Labute approximate surface area is 96.4 Å². The van der Waals surface area contributed by atoms with Crippen molar-refractivity contribution >= 4 is 5.69 Å². The van der Waals surface area contributed by atoms with E-state index in [0.29, 0.717) is 6.10 Å². The first-order valence-corrected chi connectivity index (χ1v) is 6.02. The van der Waals surface area contributed by atoms with Gasteiger partial charge in [0.25, 0.3) is 0 Å². The van der Waals surface area contributed by atoms with Crippen molar-refractivity contribution in [1.82, 2.24) is 5.32 Å². The van der Waals surface area contributed by atoms with E-state index in [4.69, 9.17) is 4.74 Å². The summed E-state index contributed by atoms with van der Waals surface area (Å²) in [5.74, 6) is 0. The highest BCUT2D eigenvalue weighted by atomic mass is 16.5. The lowest BCUT2D eigenvalue weighted by Gasteiger charge is -2.33. The smallest absolute Gasteiger partial charge is 0.0722 e. The molecule has 0 saturated carbocycles. The third kappa shape index (κ3) is 1.81. The minimum atomic E-state index is 0.347. The number of nitrogens with zero attached hydrogens (tertiary/aromatic N) is 1. The first-order chi connectivity index (χ1) is 7.83. The molecule has 1 fully saturated rings. The Bertz CT molecular complexity index is 392. The van der Waals surface area contributed by atoms with Gasteiger partial charge in [-0.05, 0) is 30.2 Å². The summed E-state index contributed by atoms with van der Waals surface area (Å²) in [6.07, 6.45) is 0.347. The average molecular weight is 218 g/mol. The number of benzene rings is 1. The standard InChI is InChI=1S/C13H18N2O/c1-10-9-15(4-5-16-10)13-3-2-11-7-14-8-12(11)6-13/h2-3,6,10,14H,4-5,7-9H2,1H3. The van der Waals surface area contributed by atoms with Crippen LogP contribution in [0.5, 0.6) is 0 Å². The number of hydrogen-bond acceptors (Lipinski definition) is 3. The van der Waals surface area contributed by atoms with Crippen LogP contribution in [-0.2, 0) is 17.8 Å². The molecule has 2 heterocycles. The van der Waals surface area contributed by atoms with Crippen LogP contribution in [0, 0.1) is 0 Å². The van der Waals surface area contributed by atoms with Gasteiger partial charge < -0.3 is 15.0 Å². The summed E-state index contributed by atoms with van der Waals surface area (Å²) >= 11 is 0. The van der Waals surface area contributed by atoms with Crippen LogP contribution in [-0.4, -0.2) is 25.8 Å². The van der Waals surface area contributed by atoms with Gasteiger partial charge in [-0.1, -0.05) is 6.07 Å². The zero-order valence-electron chi connectivity index (χ0n) is 9.70. The van der Waals surface area contributed by atoms with Crippen molar-refractivity contribution in [2.75, 3.05) is 24.6 Å². The summed E-state index contributed by atoms with van der Waals surface area (Å²) in [7, 11) is 0. The van der Waals surface area contributed by atoms with Crippen molar-refractivity contribution in [3.63, 3.8) is 0 Å². The topological polar surface area (TPSA) is 24.5 Å². The van der Waals surface area contributed by atoms with Crippen molar-refractivity contribution in [1.29, 1.82) is 0 Å². The zero-order valence-corrected chi connectivity index (χ0v) is 9.70. The first kappa shape index (κ1) is 10.1. The number of nitrogens with one attached hydrogen (secondary N) is 1. The number of hydrogen-bond donors (Lipinski definition) is 1. The van der Waals surface area contributed by atoms with E-state index in [1.165, 1.54) is 16.8 Å². The molecule has 86 valence electrons. The number of ether oxygens (including phenoxy) is 1. The maximum Gasteiger partial charge on any atom is 0.0722 e. The molecule has 3 heteroatoms. The van der Waals surface area contributed by atoms with E-state index in [9.17, 15) is 0 Å². The Morgan fingerprint density at radius 3 is 3.06 bits per heavy atom. The van der Waals surface area contributed by atoms with E-state index in [0.717, 1.165) is 32.8 Å². The number of fused-ring (bicyclic) bond motifs is 1. The van der Waals surface area contributed by atoms with Crippen molar-refractivity contribution in [2.45, 2.75) is 26.1 Å². The highest BCUT2D eigenvalue weighted by molar-refractivity contribution is 5.52. The number of morpholine rings is 1. The van der Waals surface area contributed by atoms with Gasteiger partial charge in [0.05, 0.1) is 12.7 Å². The number of anilines is 1. The Morgan fingerprint density at radius 1 is 1.31 bits per heavy atom. The fraction of sp³-hybridized carbons (Fsp3) is 0.538. The van der Waals surface area contributed by atoms with Gasteiger partial charge in [0.1, 0.15) is 0 Å². The minimum Gasteiger partial charge on any atom is -0.375 e. The maximum atomic E-state index is 5.57. The largest absolute Gasteiger partial charge is 0.375 e. The third-order valence-electron chi connectivity index (χ3n) is 3.43. The van der Waals surface area contributed by atoms with Crippen LogP contribution < -0.4 is 10.2 Å². The van der Waals surface area contributed by atoms with Crippen LogP contribution in [0.4, 0.5) is 5.69 Å². The van der Waals surface area contributed by atoms with Crippen molar-refractivity contribution in [2.24, 2.45) is 0 Å². The predicted octanol–water partition coefficient (Wildman–Crippen LogP) is 1.51. The second-order valence-electron chi connectivity index (χ2n) is 4.68. The van der Waals surface area contributed by atoms with E-state index < -0.39 is 0 Å². The Balaban J connectivity index is 1.83. The monoisotopic (exact) mass is 218 g/mol. The van der Waals surface area contributed by atoms with Crippen LogP contribution in [0.15, 0.2) is 18.2 Å². The lowest BCUT2D eigenvalue weighted by molar-refractivity contribution is 0.0532. The molecule has 0 amide bonds. The minimum absolute atomic E-state index is 0.347. The summed E-state index contributed by atoms with van der Waals surface area (Å²) in [6, 6.07) is 6.82. The predicted molar refractivity (Wildman–Crippen MR) is 64.6 cm³/mol. The van der Waals surface area contributed by atoms with Gasteiger partial charge in [0.15, 0.2) is 0 Å². The molecule has 0 aromatic heterocycles. The molecule has 0 bridgehead atoms. The molecule has 16 heavy (non-hydrogen) atoms. The normalized spacial score (nSPS) is 24.6. The molecule has 2 aliphatic rings. The molecule has 0 radical (unpaired) electrons. The van der Waals surface area contributed by atoms with Crippen LogP contribution >= 0.6 is 0 Å². The highest BCUT2D eigenvalue weighted by Crippen LogP contribution is 2.24. The maximum absolute atomic E-state index is 5.57. The summed E-state index contributed by atoms with van der Waals surface area (Å²) in [5, 5.41) is 3.38. The summed E-state index contributed by atoms with van der Waals surface area (Å²) in [5.41, 5.74) is 4.25. The first-order valence-electron chi connectivity index (χ1n) is 6.02. The van der Waals surface area contributed by atoms with Crippen LogP contribution in [0.25, 0.3) is 0 Å². The van der Waals surface area contributed by atoms with E-state index in [1.807, 2.05) is 0 Å². The van der Waals surface area contributed by atoms with E-state index in [2.05, 4.69) is 35.3 Å². The molecule has 1 N–H and O–H groups in total. The second-order valence-corrected chi connectivity index (χ2v) is 4.68. The van der Waals surface area contributed by atoms with Gasteiger partial charge in [0.2, 0.25) is 0 Å². The summed E-state index contributed by atoms with van der Waals surface area (Å²) in [4.78, 5) is 2.42. The molecular weight excluding hydrogens is 200 g/mol. The zero-order chi connectivity index (χ0) is 11.0. The van der Waals surface area contributed by atoms with E-state index >= 15 is 0 Å². The summed E-state index contributed by atoms with van der Waals surface area (Å²) < 4.78 is 5.57. The second kappa shape index (κ2) is 4.07. The van der Waals surface area contributed by atoms with Gasteiger partial charge >= 0.3 is 0 Å². The lowest BCUT2D eigenvalue weighted by Crippen LogP contribution is -2.41. The van der Waals surface area contributed by atoms with Gasteiger partial charge in [-0.25, -0.2) is 0 Å². The SMILES string of the molecule is CC1CN(c2ccc3c(c2)CNC3)CCO1. The van der Waals surface area contributed by atoms with E-state index in [-0.39, 0.29) is 0 Å². The van der Waals surface area contributed by atoms with Crippen LogP contribution in [0.2, 0.25) is 0 Å². The fourth-order valence-electron chi connectivity index (χ4n) is 2.53. The molecule has 1 unspecified atom stereocenters. The van der Waals surface area contributed by atoms with Crippen LogP contribution in [0.3, 0.4) is 0 Å². The molecule has 0 spiro atoms. The molecule has 3 nitrogen and oxygen atoms in total. The van der Waals surface area contributed by atoms with Gasteiger partial charge in [-0.3, -0.25) is 0 Å². The molecule has 2 aliphatic heterocycles. The highest BCUT2D eigenvalue weighted by Gasteiger charge is 2.18. The molecule has 1 aromatic rings. The molecule has 0 aliphatic carbocycles. The Kier molecular flexibility index (Phi) is 2.58. The average Bonchev–Trinajstić information content (AvgIpc) is 2.75. The van der Waals surface area contributed by atoms with Crippen molar-refractivity contribution < 1.29 is 4.74 Å². The molecule has 3 rings (SSSR count). The van der Waals surface area contributed by atoms with Gasteiger partial charge in [0, 0.05) is 31.9 Å². The molecular formula is C13H18N2O. The van der Waals surface area contributed by atoms with Gasteiger partial charge in [-0.15, -0.1) is 0 Å². The van der Waals surface area contributed by atoms with E-state index in [1.54, 1.807) is 0 Å². The Hall–Kier alpha value is -1.06. The quantitative estimate of drug-likeness (QED) is 0.773.